The van der Waals surface area contributed by atoms with E-state index in [1.165, 1.54) is 11.3 Å². The van der Waals surface area contributed by atoms with Crippen molar-refractivity contribution in [1.82, 2.24) is 20.4 Å². The van der Waals surface area contributed by atoms with Gasteiger partial charge < -0.3 is 0 Å². The van der Waals surface area contributed by atoms with E-state index in [2.05, 4.69) is 20.4 Å². The molecule has 7 heteroatoms. The quantitative estimate of drug-likeness (QED) is 0.660. The van der Waals surface area contributed by atoms with Crippen LogP contribution in [0, 0.1) is 0 Å². The molecule has 0 saturated carbocycles. The number of nitrogens with zero attached hydrogens (tertiary/aromatic N) is 4. The minimum absolute atomic E-state index is 0.234. The van der Waals surface area contributed by atoms with Gasteiger partial charge in [-0.15, -0.1) is 10.2 Å². The molecule has 0 aromatic carbocycles. The lowest BCUT2D eigenvalue weighted by molar-refractivity contribution is 0.898. The predicted octanol–water partition coefficient (Wildman–Crippen LogP) is 1.79. The molecule has 0 N–H and O–H groups in total. The van der Waals surface area contributed by atoms with Crippen LogP contribution in [0.25, 0.3) is 10.3 Å². The molecule has 11 heavy (non-hydrogen) atoms. The minimum atomic E-state index is 0.234. The summed E-state index contributed by atoms with van der Waals surface area (Å²) in [6.07, 6.45) is 0. The molecule has 0 atom stereocenters. The highest BCUT2D eigenvalue weighted by Gasteiger charge is 2.07. The van der Waals surface area contributed by atoms with E-state index in [-0.39, 0.29) is 5.15 Å². The Morgan fingerprint density at radius 3 is 2.73 bits per heavy atom. The minimum Gasteiger partial charge on any atom is -0.220 e. The van der Waals surface area contributed by atoms with E-state index < -0.39 is 0 Å². The highest BCUT2D eigenvalue weighted by Crippen LogP contribution is 2.26. The molecular formula is C4Cl2N4S. The molecule has 2 rings (SSSR count). The van der Waals surface area contributed by atoms with E-state index in [1.54, 1.807) is 0 Å². The average molecular weight is 207 g/mol. The molecule has 0 fully saturated rings. The van der Waals surface area contributed by atoms with Crippen LogP contribution < -0.4 is 0 Å². The molecule has 2 aromatic rings. The van der Waals surface area contributed by atoms with E-state index in [4.69, 9.17) is 23.2 Å². The number of thiazole rings is 1. The molecule has 0 spiro atoms. The third kappa shape index (κ3) is 1.15. The molecule has 0 aliphatic rings. The number of fused-ring (bicyclic) bond motifs is 1. The number of halogens is 2. The summed E-state index contributed by atoms with van der Waals surface area (Å²) in [7, 11) is 0. The molecule has 2 heterocycles. The zero-order chi connectivity index (χ0) is 7.84. The zero-order valence-electron chi connectivity index (χ0n) is 4.95. The Kier molecular flexibility index (Phi) is 1.63. The van der Waals surface area contributed by atoms with E-state index in [0.717, 1.165) is 0 Å². The van der Waals surface area contributed by atoms with Crippen molar-refractivity contribution in [2.24, 2.45) is 0 Å². The maximum absolute atomic E-state index is 5.64. The van der Waals surface area contributed by atoms with Crippen molar-refractivity contribution in [1.29, 1.82) is 0 Å². The molecular weight excluding hydrogens is 207 g/mol. The SMILES string of the molecule is Clc1nc2c(Cl)nnnc2s1. The third-order valence-corrected chi connectivity index (χ3v) is 2.35. The van der Waals surface area contributed by atoms with Crippen LogP contribution in [-0.4, -0.2) is 20.4 Å². The molecule has 0 amide bonds. The second-order valence-corrected chi connectivity index (χ2v) is 3.62. The fourth-order valence-corrected chi connectivity index (χ4v) is 1.78. The van der Waals surface area contributed by atoms with Crippen molar-refractivity contribution in [3.63, 3.8) is 0 Å². The lowest BCUT2D eigenvalue weighted by Gasteiger charge is -1.84. The van der Waals surface area contributed by atoms with E-state index in [1.807, 2.05) is 0 Å². The summed E-state index contributed by atoms with van der Waals surface area (Å²) in [6, 6.07) is 0. The van der Waals surface area contributed by atoms with Gasteiger partial charge in [-0.25, -0.2) is 4.98 Å². The molecule has 2 aromatic heterocycles. The second-order valence-electron chi connectivity index (χ2n) is 1.70. The Bertz CT molecular complexity index is 400. The standard InChI is InChI=1S/C4Cl2N4S/c5-2-1-3(9-10-8-2)11-4(6)7-1. The molecule has 0 aliphatic heterocycles. The molecule has 0 saturated heterocycles. The van der Waals surface area contributed by atoms with Crippen molar-refractivity contribution < 1.29 is 0 Å². The molecule has 0 bridgehead atoms. The largest absolute Gasteiger partial charge is 0.220 e. The molecule has 0 unspecified atom stereocenters. The Hall–Kier alpha value is -0.520. The fraction of sp³-hybridized carbons (Fsp3) is 0. The lowest BCUT2D eigenvalue weighted by atomic mass is 10.6. The number of hydrogen-bond donors (Lipinski definition) is 0. The first-order chi connectivity index (χ1) is 5.27. The normalized spacial score (nSPS) is 10.7. The van der Waals surface area contributed by atoms with Crippen LogP contribution in [0.15, 0.2) is 0 Å². The summed E-state index contributed by atoms with van der Waals surface area (Å²) in [5.41, 5.74) is 0.511. The summed E-state index contributed by atoms with van der Waals surface area (Å²) in [5.74, 6) is 0. The zero-order valence-corrected chi connectivity index (χ0v) is 7.28. The van der Waals surface area contributed by atoms with Gasteiger partial charge in [-0.3, -0.25) is 0 Å². The molecule has 0 aliphatic carbocycles. The smallest absolute Gasteiger partial charge is 0.186 e. The van der Waals surface area contributed by atoms with Gasteiger partial charge in [-0.1, -0.05) is 34.5 Å². The van der Waals surface area contributed by atoms with Gasteiger partial charge in [0.25, 0.3) is 0 Å². The van der Waals surface area contributed by atoms with Crippen molar-refractivity contribution in [2.75, 3.05) is 0 Å². The van der Waals surface area contributed by atoms with Gasteiger partial charge in [0.2, 0.25) is 0 Å². The average Bonchev–Trinajstić information content (AvgIpc) is 2.31. The maximum Gasteiger partial charge on any atom is 0.186 e. The van der Waals surface area contributed by atoms with Crippen molar-refractivity contribution in [2.45, 2.75) is 0 Å². The fourth-order valence-electron chi connectivity index (χ4n) is 0.638. The van der Waals surface area contributed by atoms with Crippen LogP contribution in [0.5, 0.6) is 0 Å². The van der Waals surface area contributed by atoms with Gasteiger partial charge in [0.1, 0.15) is 5.52 Å². The highest BCUT2D eigenvalue weighted by molar-refractivity contribution is 7.21. The van der Waals surface area contributed by atoms with Gasteiger partial charge in [0.05, 0.1) is 0 Å². The first kappa shape index (κ1) is 7.15. The second kappa shape index (κ2) is 2.51. The van der Waals surface area contributed by atoms with Crippen LogP contribution in [0.2, 0.25) is 9.62 Å². The molecule has 56 valence electrons. The van der Waals surface area contributed by atoms with E-state index >= 15 is 0 Å². The first-order valence-corrected chi connectivity index (χ1v) is 4.15. The van der Waals surface area contributed by atoms with Gasteiger partial charge in [-0.2, -0.15) is 0 Å². The number of rotatable bonds is 0. The van der Waals surface area contributed by atoms with Gasteiger partial charge in [-0.05, 0) is 5.21 Å². The summed E-state index contributed by atoms with van der Waals surface area (Å²) < 4.78 is 0.393. The summed E-state index contributed by atoms with van der Waals surface area (Å²) in [4.78, 5) is 4.51. The number of aromatic nitrogens is 4. The summed E-state index contributed by atoms with van der Waals surface area (Å²) in [6.45, 7) is 0. The van der Waals surface area contributed by atoms with E-state index in [9.17, 15) is 0 Å². The van der Waals surface area contributed by atoms with Crippen molar-refractivity contribution in [3.8, 4) is 0 Å². The Morgan fingerprint density at radius 2 is 2.00 bits per heavy atom. The summed E-state index contributed by atoms with van der Waals surface area (Å²) in [5, 5.41) is 10.8. The lowest BCUT2D eigenvalue weighted by Crippen LogP contribution is -1.86. The van der Waals surface area contributed by atoms with Gasteiger partial charge in [0.15, 0.2) is 14.5 Å². The van der Waals surface area contributed by atoms with Crippen LogP contribution in [0.4, 0.5) is 0 Å². The topological polar surface area (TPSA) is 51.6 Å². The van der Waals surface area contributed by atoms with Crippen LogP contribution in [0.1, 0.15) is 0 Å². The van der Waals surface area contributed by atoms with Crippen LogP contribution in [-0.2, 0) is 0 Å². The number of hydrogen-bond acceptors (Lipinski definition) is 5. The van der Waals surface area contributed by atoms with Gasteiger partial charge in [0, 0.05) is 0 Å². The van der Waals surface area contributed by atoms with E-state index in [0.29, 0.717) is 14.8 Å². The highest BCUT2D eigenvalue weighted by atomic mass is 35.5. The molecule has 0 radical (unpaired) electrons. The maximum atomic E-state index is 5.64. The van der Waals surface area contributed by atoms with Crippen molar-refractivity contribution in [3.05, 3.63) is 9.62 Å². The monoisotopic (exact) mass is 206 g/mol. The Labute approximate surface area is 75.2 Å². The van der Waals surface area contributed by atoms with Crippen molar-refractivity contribution >= 4 is 44.9 Å². The Morgan fingerprint density at radius 1 is 1.18 bits per heavy atom. The molecule has 4 nitrogen and oxygen atoms in total. The third-order valence-electron chi connectivity index (χ3n) is 1.05. The Balaban J connectivity index is 2.90. The van der Waals surface area contributed by atoms with Gasteiger partial charge >= 0.3 is 0 Å². The first-order valence-electron chi connectivity index (χ1n) is 2.58. The van der Waals surface area contributed by atoms with Crippen LogP contribution in [0.3, 0.4) is 0 Å². The van der Waals surface area contributed by atoms with Crippen LogP contribution >= 0.6 is 34.5 Å². The predicted molar refractivity (Wildman–Crippen MR) is 43.0 cm³/mol. The summed E-state index contributed by atoms with van der Waals surface area (Å²) >= 11 is 12.5.